The highest BCUT2D eigenvalue weighted by atomic mass is 79.9. The molecule has 0 bridgehead atoms. The first-order valence-corrected chi connectivity index (χ1v) is 5.58. The molecular weight excluding hydrogens is 258 g/mol. The maximum atomic E-state index is 5.84. The molecule has 0 saturated carbocycles. The predicted molar refractivity (Wildman–Crippen MR) is 64.7 cm³/mol. The van der Waals surface area contributed by atoms with Crippen molar-refractivity contribution in [2.45, 2.75) is 19.6 Å². The van der Waals surface area contributed by atoms with E-state index >= 15 is 0 Å². The van der Waals surface area contributed by atoms with E-state index in [0.29, 0.717) is 13.2 Å². The summed E-state index contributed by atoms with van der Waals surface area (Å²) in [5, 5.41) is 0. The summed E-state index contributed by atoms with van der Waals surface area (Å²) in [6.45, 7) is 3.05. The SMILES string of the molecule is COCC(C)OCc1c(N)cccc1Br. The van der Waals surface area contributed by atoms with Crippen molar-refractivity contribution < 1.29 is 9.47 Å². The molecule has 1 aromatic carbocycles. The van der Waals surface area contributed by atoms with E-state index in [4.69, 9.17) is 15.2 Å². The zero-order valence-electron chi connectivity index (χ0n) is 9.00. The Morgan fingerprint density at radius 2 is 2.20 bits per heavy atom. The van der Waals surface area contributed by atoms with Gasteiger partial charge in [-0.25, -0.2) is 0 Å². The van der Waals surface area contributed by atoms with Crippen molar-refractivity contribution in [1.29, 1.82) is 0 Å². The number of rotatable bonds is 5. The molecule has 0 aliphatic heterocycles. The maximum Gasteiger partial charge on any atom is 0.0784 e. The van der Waals surface area contributed by atoms with Crippen LogP contribution in [0.15, 0.2) is 22.7 Å². The highest BCUT2D eigenvalue weighted by Crippen LogP contribution is 2.23. The van der Waals surface area contributed by atoms with Crippen molar-refractivity contribution in [3.8, 4) is 0 Å². The fourth-order valence-corrected chi connectivity index (χ4v) is 1.73. The van der Waals surface area contributed by atoms with Gasteiger partial charge in [-0.05, 0) is 19.1 Å². The lowest BCUT2D eigenvalue weighted by Crippen LogP contribution is -2.15. The summed E-state index contributed by atoms with van der Waals surface area (Å²) < 4.78 is 11.6. The highest BCUT2D eigenvalue weighted by Gasteiger charge is 2.07. The van der Waals surface area contributed by atoms with Gasteiger partial charge >= 0.3 is 0 Å². The summed E-state index contributed by atoms with van der Waals surface area (Å²) in [6.07, 6.45) is 0.0708. The van der Waals surface area contributed by atoms with Crippen LogP contribution in [-0.4, -0.2) is 19.8 Å². The first kappa shape index (κ1) is 12.5. The van der Waals surface area contributed by atoms with Gasteiger partial charge in [0.2, 0.25) is 0 Å². The van der Waals surface area contributed by atoms with E-state index in [1.54, 1.807) is 7.11 Å². The third-order valence-electron chi connectivity index (χ3n) is 2.07. The Kier molecular flexibility index (Phi) is 5.08. The third kappa shape index (κ3) is 3.81. The number of halogens is 1. The number of anilines is 1. The Bertz CT molecular complexity index is 297. The van der Waals surface area contributed by atoms with Gasteiger partial charge in [0.1, 0.15) is 0 Å². The Morgan fingerprint density at radius 1 is 1.47 bits per heavy atom. The van der Waals surface area contributed by atoms with Gasteiger partial charge in [0.25, 0.3) is 0 Å². The van der Waals surface area contributed by atoms with Crippen molar-refractivity contribution >= 4 is 21.6 Å². The first-order valence-electron chi connectivity index (χ1n) is 4.78. The maximum absolute atomic E-state index is 5.84. The molecular formula is C11H16BrNO2. The normalized spacial score (nSPS) is 12.7. The molecule has 0 fully saturated rings. The molecule has 4 heteroatoms. The summed E-state index contributed by atoms with van der Waals surface area (Å²) in [5.41, 5.74) is 7.57. The molecule has 3 nitrogen and oxygen atoms in total. The van der Waals surface area contributed by atoms with Gasteiger partial charge in [0.05, 0.1) is 19.3 Å². The number of benzene rings is 1. The Hall–Kier alpha value is -0.580. The molecule has 1 rings (SSSR count). The van der Waals surface area contributed by atoms with Gasteiger partial charge in [-0.1, -0.05) is 22.0 Å². The van der Waals surface area contributed by atoms with Crippen LogP contribution in [0.3, 0.4) is 0 Å². The van der Waals surface area contributed by atoms with Gasteiger partial charge in [0.15, 0.2) is 0 Å². The Labute approximate surface area is 98.7 Å². The number of hydrogen-bond donors (Lipinski definition) is 1. The molecule has 0 radical (unpaired) electrons. The average molecular weight is 274 g/mol. The number of nitrogen functional groups attached to an aromatic ring is 1. The minimum Gasteiger partial charge on any atom is -0.398 e. The van der Waals surface area contributed by atoms with Crippen LogP contribution in [-0.2, 0) is 16.1 Å². The van der Waals surface area contributed by atoms with Gasteiger partial charge in [-0.3, -0.25) is 0 Å². The molecule has 1 unspecified atom stereocenters. The van der Waals surface area contributed by atoms with Crippen LogP contribution in [0.25, 0.3) is 0 Å². The quantitative estimate of drug-likeness (QED) is 0.839. The van der Waals surface area contributed by atoms with Crippen LogP contribution in [0.4, 0.5) is 5.69 Å². The topological polar surface area (TPSA) is 44.5 Å². The standard InChI is InChI=1S/C11H16BrNO2/c1-8(6-14-2)15-7-9-10(12)4-3-5-11(9)13/h3-5,8H,6-7,13H2,1-2H3. The van der Waals surface area contributed by atoms with E-state index in [9.17, 15) is 0 Å². The van der Waals surface area contributed by atoms with Gasteiger partial charge in [0, 0.05) is 22.8 Å². The van der Waals surface area contributed by atoms with E-state index in [0.717, 1.165) is 15.7 Å². The molecule has 84 valence electrons. The van der Waals surface area contributed by atoms with Crippen LogP contribution >= 0.6 is 15.9 Å². The highest BCUT2D eigenvalue weighted by molar-refractivity contribution is 9.10. The second-order valence-electron chi connectivity index (χ2n) is 3.38. The van der Waals surface area contributed by atoms with Crippen molar-refractivity contribution in [1.82, 2.24) is 0 Å². The van der Waals surface area contributed by atoms with E-state index < -0.39 is 0 Å². The second kappa shape index (κ2) is 6.10. The number of nitrogens with two attached hydrogens (primary N) is 1. The van der Waals surface area contributed by atoms with Gasteiger partial charge in [-0.15, -0.1) is 0 Å². The molecule has 0 aromatic heterocycles. The van der Waals surface area contributed by atoms with E-state index in [2.05, 4.69) is 15.9 Å². The zero-order valence-corrected chi connectivity index (χ0v) is 10.6. The largest absolute Gasteiger partial charge is 0.398 e. The minimum atomic E-state index is 0.0708. The summed E-state index contributed by atoms with van der Waals surface area (Å²) in [6, 6.07) is 5.72. The fraction of sp³-hybridized carbons (Fsp3) is 0.455. The Balaban J connectivity index is 2.57. The zero-order chi connectivity index (χ0) is 11.3. The monoisotopic (exact) mass is 273 g/mol. The molecule has 0 aliphatic rings. The van der Waals surface area contributed by atoms with Crippen LogP contribution in [0, 0.1) is 0 Å². The van der Waals surface area contributed by atoms with E-state index in [-0.39, 0.29) is 6.10 Å². The first-order chi connectivity index (χ1) is 7.15. The lowest BCUT2D eigenvalue weighted by atomic mass is 10.2. The number of methoxy groups -OCH3 is 1. The third-order valence-corrected chi connectivity index (χ3v) is 2.81. The number of ether oxygens (including phenoxy) is 2. The van der Waals surface area contributed by atoms with Crippen molar-refractivity contribution in [2.24, 2.45) is 0 Å². The van der Waals surface area contributed by atoms with Gasteiger partial charge < -0.3 is 15.2 Å². The molecule has 0 aliphatic carbocycles. The molecule has 0 spiro atoms. The van der Waals surface area contributed by atoms with Crippen LogP contribution < -0.4 is 5.73 Å². The lowest BCUT2D eigenvalue weighted by Gasteiger charge is -2.14. The van der Waals surface area contributed by atoms with Crippen molar-refractivity contribution in [3.05, 3.63) is 28.2 Å². The lowest BCUT2D eigenvalue weighted by molar-refractivity contribution is -0.000109. The smallest absolute Gasteiger partial charge is 0.0784 e. The molecule has 2 N–H and O–H groups in total. The fourth-order valence-electron chi connectivity index (χ4n) is 1.24. The molecule has 0 heterocycles. The minimum absolute atomic E-state index is 0.0708. The summed E-state index contributed by atoms with van der Waals surface area (Å²) in [4.78, 5) is 0. The van der Waals surface area contributed by atoms with E-state index in [1.165, 1.54) is 0 Å². The van der Waals surface area contributed by atoms with Crippen LogP contribution in [0.5, 0.6) is 0 Å². The number of hydrogen-bond acceptors (Lipinski definition) is 3. The second-order valence-corrected chi connectivity index (χ2v) is 4.24. The van der Waals surface area contributed by atoms with Crippen molar-refractivity contribution in [2.75, 3.05) is 19.5 Å². The van der Waals surface area contributed by atoms with Crippen LogP contribution in [0.2, 0.25) is 0 Å². The molecule has 15 heavy (non-hydrogen) atoms. The molecule has 0 saturated heterocycles. The molecule has 0 amide bonds. The van der Waals surface area contributed by atoms with Crippen molar-refractivity contribution in [3.63, 3.8) is 0 Å². The summed E-state index contributed by atoms with van der Waals surface area (Å²) in [7, 11) is 1.66. The van der Waals surface area contributed by atoms with Crippen LogP contribution in [0.1, 0.15) is 12.5 Å². The summed E-state index contributed by atoms with van der Waals surface area (Å²) >= 11 is 3.44. The van der Waals surface area contributed by atoms with E-state index in [1.807, 2.05) is 25.1 Å². The molecule has 1 atom stereocenters. The van der Waals surface area contributed by atoms with Gasteiger partial charge in [-0.2, -0.15) is 0 Å². The summed E-state index contributed by atoms with van der Waals surface area (Å²) in [5.74, 6) is 0. The molecule has 1 aromatic rings. The Morgan fingerprint density at radius 3 is 2.80 bits per heavy atom. The average Bonchev–Trinajstić information content (AvgIpc) is 2.17. The predicted octanol–water partition coefficient (Wildman–Crippen LogP) is 2.58.